The number of aliphatic hydroxyl groups excluding tert-OH is 2. The summed E-state index contributed by atoms with van der Waals surface area (Å²) in [5.41, 5.74) is 6.63. The number of aromatic nitrogens is 3. The number of nitrogens with two attached hydrogens (primary N) is 1. The van der Waals surface area contributed by atoms with Gasteiger partial charge in [0.1, 0.15) is 23.0 Å². The van der Waals surface area contributed by atoms with Crippen LogP contribution >= 0.6 is 11.6 Å². The summed E-state index contributed by atoms with van der Waals surface area (Å²) in [7, 11) is 0. The van der Waals surface area contributed by atoms with Crippen LogP contribution in [-0.2, 0) is 4.74 Å². The minimum Gasteiger partial charge on any atom is -0.394 e. The van der Waals surface area contributed by atoms with Gasteiger partial charge in [0, 0.05) is 6.20 Å². The van der Waals surface area contributed by atoms with Crippen molar-refractivity contribution in [1.82, 2.24) is 14.5 Å². The van der Waals surface area contributed by atoms with Crippen LogP contribution in [0.15, 0.2) is 6.20 Å². The van der Waals surface area contributed by atoms with Gasteiger partial charge in [0.05, 0.1) is 12.0 Å². The smallest absolute Gasteiger partial charge is 0.223 e. The van der Waals surface area contributed by atoms with Gasteiger partial charge < -0.3 is 25.3 Å². The van der Waals surface area contributed by atoms with Crippen LogP contribution in [0.4, 0.5) is 10.3 Å². The molecule has 1 aliphatic heterocycles. The summed E-state index contributed by atoms with van der Waals surface area (Å²) in [6, 6.07) is 0. The van der Waals surface area contributed by atoms with E-state index in [1.165, 1.54) is 4.57 Å². The van der Waals surface area contributed by atoms with E-state index in [-0.39, 0.29) is 11.1 Å². The second kappa shape index (κ2) is 5.06. The van der Waals surface area contributed by atoms with E-state index in [0.29, 0.717) is 11.0 Å². The first-order valence-corrected chi connectivity index (χ1v) is 6.70. The number of aliphatic hydroxyl groups is 2. The van der Waals surface area contributed by atoms with Crippen molar-refractivity contribution in [3.05, 3.63) is 16.9 Å². The van der Waals surface area contributed by atoms with E-state index >= 15 is 0 Å². The zero-order valence-corrected chi connectivity index (χ0v) is 11.8. The maximum atomic E-state index is 14.2. The van der Waals surface area contributed by atoms with E-state index in [1.807, 2.05) is 0 Å². The van der Waals surface area contributed by atoms with Crippen molar-refractivity contribution < 1.29 is 19.3 Å². The predicted octanol–water partition coefficient (Wildman–Crippen LogP) is 0.564. The molecule has 0 aromatic carbocycles. The number of rotatable bonds is 2. The molecule has 21 heavy (non-hydrogen) atoms. The molecule has 2 aromatic rings. The maximum Gasteiger partial charge on any atom is 0.223 e. The molecule has 4 atom stereocenters. The lowest BCUT2D eigenvalue weighted by molar-refractivity contribution is -0.0457. The molecule has 0 amide bonds. The number of halogens is 2. The van der Waals surface area contributed by atoms with Crippen LogP contribution in [0.5, 0.6) is 0 Å². The van der Waals surface area contributed by atoms with Gasteiger partial charge in [-0.25, -0.2) is 9.37 Å². The molecule has 1 fully saturated rings. The Kier molecular flexibility index (Phi) is 3.48. The molecule has 0 radical (unpaired) electrons. The molecule has 114 valence electrons. The molecule has 3 heterocycles. The van der Waals surface area contributed by atoms with Crippen molar-refractivity contribution in [2.24, 2.45) is 0 Å². The summed E-state index contributed by atoms with van der Waals surface area (Å²) in [5, 5.41) is 19.5. The van der Waals surface area contributed by atoms with Crippen LogP contribution in [0.25, 0.3) is 11.0 Å². The normalized spacial score (nSPS) is 29.4. The SMILES string of the molecule is Cc1cn([C@@H]2O[C@H](CO)[C@@H](O)[C@@H]2F)c2nc(N)nc(Cl)c12. The third kappa shape index (κ3) is 2.15. The van der Waals surface area contributed by atoms with Crippen molar-refractivity contribution in [2.75, 3.05) is 12.3 Å². The van der Waals surface area contributed by atoms with E-state index in [0.717, 1.165) is 5.56 Å². The molecule has 1 saturated heterocycles. The van der Waals surface area contributed by atoms with Crippen LogP contribution in [0.2, 0.25) is 5.15 Å². The number of fused-ring (bicyclic) bond motifs is 1. The second-order valence-corrected chi connectivity index (χ2v) is 5.33. The van der Waals surface area contributed by atoms with Gasteiger partial charge in [0.25, 0.3) is 0 Å². The Morgan fingerprint density at radius 1 is 1.52 bits per heavy atom. The molecule has 0 unspecified atom stereocenters. The Hall–Kier alpha value is -1.48. The summed E-state index contributed by atoms with van der Waals surface area (Å²) in [4.78, 5) is 7.93. The molecule has 7 nitrogen and oxygen atoms in total. The molecule has 0 aliphatic carbocycles. The van der Waals surface area contributed by atoms with Gasteiger partial charge in [-0.2, -0.15) is 4.98 Å². The Bertz CT molecular complexity index is 695. The largest absolute Gasteiger partial charge is 0.394 e. The van der Waals surface area contributed by atoms with Gasteiger partial charge in [-0.05, 0) is 12.5 Å². The molecular weight excluding hydrogens is 303 g/mol. The Labute approximate surface area is 124 Å². The Morgan fingerprint density at radius 3 is 2.86 bits per heavy atom. The average Bonchev–Trinajstić information content (AvgIpc) is 2.89. The number of hydrogen-bond acceptors (Lipinski definition) is 6. The molecule has 0 saturated carbocycles. The summed E-state index contributed by atoms with van der Waals surface area (Å²) in [6.07, 6.45) is -3.61. The van der Waals surface area contributed by atoms with Crippen molar-refractivity contribution in [3.63, 3.8) is 0 Å². The van der Waals surface area contributed by atoms with Crippen LogP contribution in [-0.4, -0.2) is 49.7 Å². The Balaban J connectivity index is 2.13. The van der Waals surface area contributed by atoms with Crippen LogP contribution in [0.1, 0.15) is 11.8 Å². The number of ether oxygens (including phenoxy) is 1. The quantitative estimate of drug-likeness (QED) is 0.699. The van der Waals surface area contributed by atoms with Gasteiger partial charge in [-0.3, -0.25) is 0 Å². The Morgan fingerprint density at radius 2 is 2.24 bits per heavy atom. The molecule has 0 spiro atoms. The molecule has 4 N–H and O–H groups in total. The minimum atomic E-state index is -1.70. The van der Waals surface area contributed by atoms with Crippen LogP contribution in [0.3, 0.4) is 0 Å². The highest BCUT2D eigenvalue weighted by Crippen LogP contribution is 2.36. The second-order valence-electron chi connectivity index (χ2n) is 4.97. The third-order valence-electron chi connectivity index (χ3n) is 3.58. The van der Waals surface area contributed by atoms with E-state index in [1.54, 1.807) is 13.1 Å². The standard InChI is InChI=1S/C12H14ClFN4O3/c1-4-2-18(10-6(4)9(13)16-12(15)17-10)11-7(14)8(20)5(3-19)21-11/h2,5,7-8,11,19-20H,3H2,1H3,(H2,15,16,17)/t5-,7+,8-,11-/m1/s1. The fourth-order valence-electron chi connectivity index (χ4n) is 2.57. The summed E-state index contributed by atoms with van der Waals surface area (Å²) in [5.74, 6) is -0.0421. The predicted molar refractivity (Wildman–Crippen MR) is 73.6 cm³/mol. The van der Waals surface area contributed by atoms with E-state index in [4.69, 9.17) is 27.2 Å². The topological polar surface area (TPSA) is 106 Å². The molecule has 3 rings (SSSR count). The molecular formula is C12H14ClFN4O3. The number of nitrogen functional groups attached to an aromatic ring is 1. The van der Waals surface area contributed by atoms with Crippen LogP contribution < -0.4 is 5.73 Å². The van der Waals surface area contributed by atoms with E-state index in [2.05, 4.69) is 9.97 Å². The lowest BCUT2D eigenvalue weighted by atomic mass is 10.1. The van der Waals surface area contributed by atoms with Crippen molar-refractivity contribution in [1.29, 1.82) is 0 Å². The monoisotopic (exact) mass is 316 g/mol. The molecule has 2 aromatic heterocycles. The number of aryl methyl sites for hydroxylation is 1. The van der Waals surface area contributed by atoms with Gasteiger partial charge >= 0.3 is 0 Å². The third-order valence-corrected chi connectivity index (χ3v) is 3.86. The fourth-order valence-corrected chi connectivity index (χ4v) is 2.89. The van der Waals surface area contributed by atoms with Gasteiger partial charge in [0.2, 0.25) is 5.95 Å². The highest BCUT2D eigenvalue weighted by atomic mass is 35.5. The average molecular weight is 317 g/mol. The lowest BCUT2D eigenvalue weighted by Crippen LogP contribution is -2.30. The van der Waals surface area contributed by atoms with E-state index in [9.17, 15) is 9.50 Å². The first kappa shape index (κ1) is 14.5. The molecule has 0 bridgehead atoms. The van der Waals surface area contributed by atoms with Crippen molar-refractivity contribution in [2.45, 2.75) is 31.5 Å². The van der Waals surface area contributed by atoms with Gasteiger partial charge in [-0.15, -0.1) is 0 Å². The maximum absolute atomic E-state index is 14.2. The van der Waals surface area contributed by atoms with E-state index < -0.39 is 31.2 Å². The van der Waals surface area contributed by atoms with Gasteiger partial charge in [-0.1, -0.05) is 11.6 Å². The first-order chi connectivity index (χ1) is 9.93. The highest BCUT2D eigenvalue weighted by molar-refractivity contribution is 6.34. The lowest BCUT2D eigenvalue weighted by Gasteiger charge is -2.16. The highest BCUT2D eigenvalue weighted by Gasteiger charge is 2.45. The first-order valence-electron chi connectivity index (χ1n) is 6.32. The zero-order chi connectivity index (χ0) is 15.3. The number of anilines is 1. The summed E-state index contributed by atoms with van der Waals surface area (Å²) < 4.78 is 21.0. The summed E-state index contributed by atoms with van der Waals surface area (Å²) in [6.45, 7) is 1.29. The number of hydrogen-bond donors (Lipinski definition) is 3. The molecule has 1 aliphatic rings. The molecule has 9 heteroatoms. The van der Waals surface area contributed by atoms with Crippen LogP contribution in [0, 0.1) is 6.92 Å². The minimum absolute atomic E-state index is 0.0421. The van der Waals surface area contributed by atoms with Crippen molar-refractivity contribution >= 4 is 28.6 Å². The summed E-state index contributed by atoms with van der Waals surface area (Å²) >= 11 is 6.04. The number of alkyl halides is 1. The van der Waals surface area contributed by atoms with Gasteiger partial charge in [0.15, 0.2) is 12.4 Å². The number of nitrogens with zero attached hydrogens (tertiary/aromatic N) is 3. The fraction of sp³-hybridized carbons (Fsp3) is 0.500. The van der Waals surface area contributed by atoms with Crippen molar-refractivity contribution in [3.8, 4) is 0 Å². The zero-order valence-electron chi connectivity index (χ0n) is 11.1.